The molecule has 4 N–H and O–H groups in total. The second kappa shape index (κ2) is 19.8. The molecule has 2 amide bonds. The molecular formula is C40H44BBrF2N14O8. The van der Waals surface area contributed by atoms with Crippen LogP contribution in [-0.2, 0) is 32.9 Å². The number of pyridine rings is 2. The number of hydrogen-bond donors (Lipinski definition) is 4. The highest BCUT2D eigenvalue weighted by Crippen LogP contribution is 2.37. The Morgan fingerprint density at radius 1 is 0.727 bits per heavy atom. The molecule has 66 heavy (non-hydrogen) atoms. The van der Waals surface area contributed by atoms with E-state index in [0.29, 0.717) is 46.0 Å². The fourth-order valence-corrected chi connectivity index (χ4v) is 6.61. The smallest absolute Gasteiger partial charge is 0.441 e. The van der Waals surface area contributed by atoms with Crippen LogP contribution in [0.1, 0.15) is 27.7 Å². The first-order valence-corrected chi connectivity index (χ1v) is 20.9. The fraction of sp³-hybridized carbons (Fsp3) is 0.350. The normalized spacial score (nSPS) is 18.3. The van der Waals surface area contributed by atoms with Gasteiger partial charge in [0.05, 0.1) is 63.0 Å². The molecule has 0 spiro atoms. The van der Waals surface area contributed by atoms with Crippen LogP contribution in [0.25, 0.3) is 11.1 Å². The van der Waals surface area contributed by atoms with Gasteiger partial charge in [-0.25, -0.2) is 28.3 Å². The van der Waals surface area contributed by atoms with Gasteiger partial charge in [0.2, 0.25) is 0 Å². The Kier molecular flexibility index (Phi) is 14.2. The highest BCUT2D eigenvalue weighted by Gasteiger charge is 2.52. The molecule has 0 aliphatic carbocycles. The van der Waals surface area contributed by atoms with E-state index >= 15 is 0 Å². The number of nitrogens with zero attached hydrogens (tertiary/aromatic N) is 12. The summed E-state index contributed by atoms with van der Waals surface area (Å²) in [6.07, 6.45) is 0.797. The van der Waals surface area contributed by atoms with Crippen LogP contribution in [-0.4, -0.2) is 130 Å². The Morgan fingerprint density at radius 3 is 1.64 bits per heavy atom. The maximum Gasteiger partial charge on any atom is 0.497 e. The number of ether oxygens (including phenoxy) is 2. The summed E-state index contributed by atoms with van der Waals surface area (Å²) in [6, 6.07) is 15.9. The molecule has 22 nitrogen and oxygen atoms in total. The molecule has 3 saturated heterocycles. The molecule has 3 aliphatic rings. The third-order valence-electron chi connectivity index (χ3n) is 10.5. The van der Waals surface area contributed by atoms with Crippen molar-refractivity contribution in [1.29, 1.82) is 0 Å². The lowest BCUT2D eigenvalue weighted by Gasteiger charge is -2.32. The Hall–Kier alpha value is -6.74. The Balaban J connectivity index is 0.000000155. The maximum absolute atomic E-state index is 14.6. The SMILES string of the molecule is CC1(C)OB(c2ccc(N3C[C@H](CO)OC3=O)cc2F)OC1(C)C.Cn1nnc(Nc2ccc(-c3ccc(N4C[C@H](CO)OC4=O)cc3F)cn2)n1.Cn1nnc(Nc2ccc(Br)cn2)n1. The van der Waals surface area contributed by atoms with Crippen molar-refractivity contribution in [2.24, 2.45) is 14.1 Å². The van der Waals surface area contributed by atoms with Crippen molar-refractivity contribution in [3.8, 4) is 11.1 Å². The second-order valence-corrected chi connectivity index (χ2v) is 16.7. The molecule has 0 saturated carbocycles. The van der Waals surface area contributed by atoms with Gasteiger partial charge in [0, 0.05) is 33.5 Å². The van der Waals surface area contributed by atoms with Gasteiger partial charge in [-0.2, -0.15) is 9.59 Å². The van der Waals surface area contributed by atoms with Crippen LogP contribution in [0.5, 0.6) is 0 Å². The lowest BCUT2D eigenvalue weighted by molar-refractivity contribution is 0.00578. The summed E-state index contributed by atoms with van der Waals surface area (Å²) in [7, 11) is 2.54. The summed E-state index contributed by atoms with van der Waals surface area (Å²) in [4.78, 5) is 37.2. The van der Waals surface area contributed by atoms with Crippen molar-refractivity contribution < 1.29 is 47.4 Å². The molecule has 0 bridgehead atoms. The molecule has 3 fully saturated rings. The molecule has 0 radical (unpaired) electrons. The van der Waals surface area contributed by atoms with Gasteiger partial charge in [0.15, 0.2) is 0 Å². The zero-order chi connectivity index (χ0) is 47.3. The number of aromatic nitrogens is 10. The first-order valence-electron chi connectivity index (χ1n) is 20.1. The van der Waals surface area contributed by atoms with Crippen LogP contribution in [0.3, 0.4) is 0 Å². The van der Waals surface area contributed by atoms with Crippen molar-refractivity contribution in [1.82, 2.24) is 50.4 Å². The van der Waals surface area contributed by atoms with Gasteiger partial charge in [-0.15, -0.1) is 10.2 Å². The van der Waals surface area contributed by atoms with Crippen molar-refractivity contribution in [2.45, 2.75) is 51.1 Å². The highest BCUT2D eigenvalue weighted by atomic mass is 79.9. The Morgan fingerprint density at radius 2 is 1.23 bits per heavy atom. The van der Waals surface area contributed by atoms with Gasteiger partial charge < -0.3 is 39.6 Å². The molecule has 0 unspecified atom stereocenters. The standard InChI is InChI=1S/C17H16FN7O3.C16H21BFNO5.C7H7BrN6/c1-24-22-16(21-23-24)20-15-5-2-10(7-19-15)13-4-3-11(6-14(13)18)25-8-12(9-26)28-17(25)27;1-15(2)16(3,4)24-17(23-15)12-6-5-10(7-13(12)18)19-8-11(9-20)22-14(19)21;1-14-12-7(11-13-14)10-6-3-2-5(8)4-9-6/h2-7,12,26H,8-9H2,1H3,(H,19,20,22);5-7,11,20H,8-9H2,1-4H3;2-4H,1H3,(H,9,10,12)/t12-;11-;/m11./s1. The number of hydrogen-bond acceptors (Lipinski definition) is 18. The average Bonchev–Trinajstić information content (AvgIpc) is 4.11. The predicted octanol–water partition coefficient (Wildman–Crippen LogP) is 4.03. The van der Waals surface area contributed by atoms with Crippen LogP contribution in [0.15, 0.2) is 77.5 Å². The number of aliphatic hydroxyl groups is 2. The van der Waals surface area contributed by atoms with E-state index in [9.17, 15) is 18.4 Å². The van der Waals surface area contributed by atoms with Gasteiger partial charge in [-0.05, 0) is 109 Å². The van der Waals surface area contributed by atoms with Crippen LogP contribution >= 0.6 is 15.9 Å². The second-order valence-electron chi connectivity index (χ2n) is 15.8. The monoisotopic (exact) mass is 976 g/mol. The quantitative estimate of drug-likeness (QED) is 0.141. The van der Waals surface area contributed by atoms with Crippen molar-refractivity contribution in [3.05, 3.63) is 89.2 Å². The van der Waals surface area contributed by atoms with Crippen molar-refractivity contribution in [2.75, 3.05) is 46.7 Å². The molecule has 2 aromatic carbocycles. The minimum absolute atomic E-state index is 0.173. The summed E-state index contributed by atoms with van der Waals surface area (Å²) in [5, 5.41) is 46.9. The third kappa shape index (κ3) is 11.0. The largest absolute Gasteiger partial charge is 0.497 e. The van der Waals surface area contributed by atoms with Gasteiger partial charge in [0.25, 0.3) is 11.9 Å². The molecule has 26 heteroatoms. The van der Waals surface area contributed by atoms with Gasteiger partial charge in [-0.1, -0.05) is 16.3 Å². The molecule has 6 aromatic rings. The van der Waals surface area contributed by atoms with Gasteiger partial charge in [-0.3, -0.25) is 9.80 Å². The lowest BCUT2D eigenvalue weighted by atomic mass is 9.78. The Bertz CT molecular complexity index is 2650. The average molecular weight is 978 g/mol. The summed E-state index contributed by atoms with van der Waals surface area (Å²) < 4.78 is 51.8. The number of nitrogens with one attached hydrogen (secondary N) is 2. The number of tetrazole rings is 2. The molecule has 346 valence electrons. The number of benzene rings is 2. The minimum Gasteiger partial charge on any atom is -0.441 e. The van der Waals surface area contributed by atoms with Crippen LogP contribution in [0.2, 0.25) is 0 Å². The third-order valence-corrected chi connectivity index (χ3v) is 11.0. The first-order chi connectivity index (χ1) is 31.4. The maximum atomic E-state index is 14.6. The number of cyclic esters (lactones) is 2. The molecule has 9 rings (SSSR count). The number of halogens is 3. The van der Waals surface area contributed by atoms with E-state index in [2.05, 4.69) is 67.4 Å². The molecule has 3 aliphatic heterocycles. The van der Waals surface area contributed by atoms with Crippen molar-refractivity contribution in [3.63, 3.8) is 0 Å². The molecule has 7 heterocycles. The summed E-state index contributed by atoms with van der Waals surface area (Å²) >= 11 is 3.30. The summed E-state index contributed by atoms with van der Waals surface area (Å²) in [5.74, 6) is 0.881. The van der Waals surface area contributed by atoms with E-state index in [1.165, 1.54) is 37.7 Å². The topological polar surface area (TPSA) is 255 Å². The number of amides is 2. The first kappa shape index (κ1) is 47.2. The highest BCUT2D eigenvalue weighted by molar-refractivity contribution is 9.10. The zero-order valence-electron chi connectivity index (χ0n) is 36.3. The predicted molar refractivity (Wildman–Crippen MR) is 237 cm³/mol. The van der Waals surface area contributed by atoms with E-state index in [1.54, 1.807) is 56.7 Å². The van der Waals surface area contributed by atoms with E-state index in [0.717, 1.165) is 4.47 Å². The number of aliphatic hydroxyl groups excluding tert-OH is 2. The Labute approximate surface area is 384 Å². The van der Waals surface area contributed by atoms with Gasteiger partial charge >= 0.3 is 19.3 Å². The van der Waals surface area contributed by atoms with E-state index in [4.69, 9.17) is 29.0 Å². The molecule has 2 atom stereocenters. The number of aryl methyl sites for hydroxylation is 2. The van der Waals surface area contributed by atoms with Crippen LogP contribution in [0, 0.1) is 11.6 Å². The lowest BCUT2D eigenvalue weighted by Crippen LogP contribution is -2.41. The summed E-state index contributed by atoms with van der Waals surface area (Å²) in [5.41, 5.74) is 0.802. The molecular weight excluding hydrogens is 933 g/mol. The zero-order valence-corrected chi connectivity index (χ0v) is 37.9. The van der Waals surface area contributed by atoms with Gasteiger partial charge in [0.1, 0.15) is 35.5 Å². The van der Waals surface area contributed by atoms with E-state index in [1.807, 2.05) is 39.8 Å². The number of carbonyl (C=O) groups excluding carboxylic acids is 2. The number of rotatable bonds is 10. The van der Waals surface area contributed by atoms with Crippen LogP contribution < -0.4 is 25.9 Å². The minimum atomic E-state index is -0.806. The molecule has 4 aromatic heterocycles. The van der Waals surface area contributed by atoms with E-state index < -0.39 is 54.3 Å². The number of anilines is 6. The number of carbonyl (C=O) groups is 2. The van der Waals surface area contributed by atoms with Crippen LogP contribution in [0.4, 0.5) is 53.3 Å². The summed E-state index contributed by atoms with van der Waals surface area (Å²) in [6.45, 7) is 7.40. The van der Waals surface area contributed by atoms with E-state index in [-0.39, 0.29) is 31.8 Å². The van der Waals surface area contributed by atoms with Crippen molar-refractivity contribution >= 4 is 75.6 Å². The fourth-order valence-electron chi connectivity index (χ4n) is 6.38.